The summed E-state index contributed by atoms with van der Waals surface area (Å²) in [6, 6.07) is 5.91. The van der Waals surface area contributed by atoms with Gasteiger partial charge in [-0.2, -0.15) is 0 Å². The molecule has 19 heavy (non-hydrogen) atoms. The number of H-pyrrole nitrogens is 1. The number of halogens is 1. The fraction of sp³-hybridized carbons (Fsp3) is 0.333. The Labute approximate surface area is 119 Å². The van der Waals surface area contributed by atoms with Gasteiger partial charge in [-0.05, 0) is 42.3 Å². The molecule has 1 heterocycles. The van der Waals surface area contributed by atoms with E-state index >= 15 is 0 Å². The van der Waals surface area contributed by atoms with Crippen LogP contribution in [0.4, 0.5) is 0 Å². The van der Waals surface area contributed by atoms with Gasteiger partial charge in [0.2, 0.25) is 0 Å². The number of nitrogens with zero attached hydrogens (tertiary/aromatic N) is 2. The zero-order valence-corrected chi connectivity index (χ0v) is 11.7. The van der Waals surface area contributed by atoms with Crippen LogP contribution in [0.1, 0.15) is 24.4 Å². The predicted molar refractivity (Wildman–Crippen MR) is 74.6 cm³/mol. The lowest BCUT2D eigenvalue weighted by Gasteiger charge is -2.09. The first kappa shape index (κ1) is 12.8. The highest BCUT2D eigenvalue weighted by molar-refractivity contribution is 7.99. The summed E-state index contributed by atoms with van der Waals surface area (Å²) in [6.45, 7) is 0.361. The maximum atomic E-state index is 11.7. The van der Waals surface area contributed by atoms with Crippen molar-refractivity contribution in [2.24, 2.45) is 5.73 Å². The van der Waals surface area contributed by atoms with Gasteiger partial charge in [-0.3, -0.25) is 4.57 Å². The second-order valence-electron chi connectivity index (χ2n) is 4.44. The van der Waals surface area contributed by atoms with Gasteiger partial charge in [0, 0.05) is 22.5 Å². The molecule has 1 aromatic heterocycles. The van der Waals surface area contributed by atoms with E-state index in [0.29, 0.717) is 16.7 Å². The zero-order valence-electron chi connectivity index (χ0n) is 10.1. The summed E-state index contributed by atoms with van der Waals surface area (Å²) >= 11 is 7.55. The lowest BCUT2D eigenvalue weighted by Crippen LogP contribution is -2.16. The number of aromatic nitrogens is 3. The van der Waals surface area contributed by atoms with Crippen molar-refractivity contribution in [2.45, 2.75) is 35.5 Å². The fourth-order valence-electron chi connectivity index (χ4n) is 1.95. The summed E-state index contributed by atoms with van der Waals surface area (Å²) < 4.78 is 1.71. The van der Waals surface area contributed by atoms with Crippen molar-refractivity contribution >= 4 is 23.4 Å². The number of hydrogen-bond acceptors (Lipinski definition) is 4. The second-order valence-corrected chi connectivity index (χ2v) is 5.85. The summed E-state index contributed by atoms with van der Waals surface area (Å²) in [6.07, 6.45) is 2.07. The van der Waals surface area contributed by atoms with Gasteiger partial charge >= 0.3 is 5.69 Å². The first-order valence-electron chi connectivity index (χ1n) is 6.03. The van der Waals surface area contributed by atoms with Crippen LogP contribution in [0.15, 0.2) is 33.0 Å². The Kier molecular flexibility index (Phi) is 3.38. The first-order chi connectivity index (χ1) is 9.20. The van der Waals surface area contributed by atoms with E-state index in [4.69, 9.17) is 17.3 Å². The van der Waals surface area contributed by atoms with Gasteiger partial charge in [0.05, 0.1) is 0 Å². The summed E-state index contributed by atoms with van der Waals surface area (Å²) in [5.41, 5.74) is 6.46. The molecule has 0 aliphatic heterocycles. The fourth-order valence-corrected chi connectivity index (χ4v) is 3.34. The van der Waals surface area contributed by atoms with Crippen molar-refractivity contribution in [3.05, 3.63) is 39.3 Å². The van der Waals surface area contributed by atoms with Crippen LogP contribution in [-0.4, -0.2) is 14.8 Å². The van der Waals surface area contributed by atoms with Gasteiger partial charge < -0.3 is 5.73 Å². The quantitative estimate of drug-likeness (QED) is 0.906. The van der Waals surface area contributed by atoms with Gasteiger partial charge in [0.1, 0.15) is 0 Å². The summed E-state index contributed by atoms with van der Waals surface area (Å²) in [4.78, 5) is 12.7. The normalized spacial score (nSPS) is 14.8. The monoisotopic (exact) mass is 296 g/mol. The Morgan fingerprint density at radius 1 is 1.53 bits per heavy atom. The molecule has 3 N–H and O–H groups in total. The van der Waals surface area contributed by atoms with E-state index in [0.717, 1.165) is 23.3 Å². The van der Waals surface area contributed by atoms with Crippen LogP contribution in [0, 0.1) is 0 Å². The summed E-state index contributed by atoms with van der Waals surface area (Å²) in [7, 11) is 0. The van der Waals surface area contributed by atoms with Crippen molar-refractivity contribution < 1.29 is 0 Å². The van der Waals surface area contributed by atoms with Gasteiger partial charge in [-0.15, -0.1) is 5.10 Å². The van der Waals surface area contributed by atoms with E-state index in [1.165, 1.54) is 11.8 Å². The van der Waals surface area contributed by atoms with Crippen LogP contribution in [0.2, 0.25) is 5.02 Å². The van der Waals surface area contributed by atoms with Crippen LogP contribution in [0.3, 0.4) is 0 Å². The average molecular weight is 297 g/mol. The van der Waals surface area contributed by atoms with Gasteiger partial charge in [-0.1, -0.05) is 17.7 Å². The second kappa shape index (κ2) is 5.03. The Balaban J connectivity index is 1.98. The van der Waals surface area contributed by atoms with E-state index in [1.807, 2.05) is 18.2 Å². The standard InChI is InChI=1S/C12H13ClN4OS/c13-9-2-1-3-10(8(9)6-14)19-12-16-15-11(18)17(12)7-4-5-7/h1-3,7H,4-6,14H2,(H,15,18). The molecule has 0 radical (unpaired) electrons. The Hall–Kier alpha value is -1.24. The maximum Gasteiger partial charge on any atom is 0.344 e. The first-order valence-corrected chi connectivity index (χ1v) is 7.22. The van der Waals surface area contributed by atoms with E-state index in [-0.39, 0.29) is 11.7 Å². The minimum atomic E-state index is -0.152. The molecular formula is C12H13ClN4OS. The van der Waals surface area contributed by atoms with Crippen LogP contribution < -0.4 is 11.4 Å². The highest BCUT2D eigenvalue weighted by Gasteiger charge is 2.29. The van der Waals surface area contributed by atoms with Crippen molar-refractivity contribution in [3.8, 4) is 0 Å². The SMILES string of the molecule is NCc1c(Cl)cccc1Sc1n[nH]c(=O)n1C1CC1. The molecule has 1 fully saturated rings. The Morgan fingerprint density at radius 2 is 2.32 bits per heavy atom. The Bertz CT molecular complexity index is 662. The molecule has 0 bridgehead atoms. The third-order valence-electron chi connectivity index (χ3n) is 3.07. The lowest BCUT2D eigenvalue weighted by atomic mass is 10.2. The van der Waals surface area contributed by atoms with Crippen LogP contribution in [-0.2, 0) is 6.54 Å². The molecule has 1 aliphatic rings. The molecule has 0 spiro atoms. The molecule has 7 heteroatoms. The molecule has 5 nitrogen and oxygen atoms in total. The molecule has 1 aliphatic carbocycles. The van der Waals surface area contributed by atoms with Gasteiger partial charge in [-0.25, -0.2) is 9.89 Å². The van der Waals surface area contributed by atoms with E-state index in [1.54, 1.807) is 4.57 Å². The smallest absolute Gasteiger partial charge is 0.326 e. The summed E-state index contributed by atoms with van der Waals surface area (Å²) in [5, 5.41) is 7.90. The molecule has 3 rings (SSSR count). The average Bonchev–Trinajstić information content (AvgIpc) is 3.15. The van der Waals surface area contributed by atoms with Crippen LogP contribution in [0.25, 0.3) is 0 Å². The number of aromatic amines is 1. The van der Waals surface area contributed by atoms with Crippen molar-refractivity contribution in [3.63, 3.8) is 0 Å². The molecule has 0 atom stereocenters. The number of rotatable bonds is 4. The lowest BCUT2D eigenvalue weighted by molar-refractivity contribution is 0.642. The maximum absolute atomic E-state index is 11.7. The highest BCUT2D eigenvalue weighted by Crippen LogP contribution is 2.39. The number of nitrogens with one attached hydrogen (secondary N) is 1. The number of hydrogen-bond donors (Lipinski definition) is 2. The van der Waals surface area contributed by atoms with Crippen LogP contribution >= 0.6 is 23.4 Å². The molecule has 1 aromatic carbocycles. The van der Waals surface area contributed by atoms with E-state index in [2.05, 4.69) is 10.2 Å². The Morgan fingerprint density at radius 3 is 3.00 bits per heavy atom. The van der Waals surface area contributed by atoms with Crippen molar-refractivity contribution in [1.82, 2.24) is 14.8 Å². The molecule has 1 saturated carbocycles. The zero-order chi connectivity index (χ0) is 13.4. The molecule has 0 saturated heterocycles. The predicted octanol–water partition coefficient (Wildman–Crippen LogP) is 2.17. The van der Waals surface area contributed by atoms with Crippen molar-refractivity contribution in [2.75, 3.05) is 0 Å². The molecule has 0 amide bonds. The number of nitrogens with two attached hydrogens (primary N) is 1. The third kappa shape index (κ3) is 2.43. The van der Waals surface area contributed by atoms with Gasteiger partial charge in [0.15, 0.2) is 5.16 Å². The van der Waals surface area contributed by atoms with E-state index < -0.39 is 0 Å². The van der Waals surface area contributed by atoms with Crippen molar-refractivity contribution in [1.29, 1.82) is 0 Å². The summed E-state index contributed by atoms with van der Waals surface area (Å²) in [5.74, 6) is 0. The topological polar surface area (TPSA) is 76.7 Å². The number of benzene rings is 1. The van der Waals surface area contributed by atoms with E-state index in [9.17, 15) is 4.79 Å². The third-order valence-corrected chi connectivity index (χ3v) is 4.49. The molecule has 0 unspecified atom stereocenters. The molecular weight excluding hydrogens is 284 g/mol. The molecule has 100 valence electrons. The van der Waals surface area contributed by atoms with Gasteiger partial charge in [0.25, 0.3) is 0 Å². The molecule has 2 aromatic rings. The van der Waals surface area contributed by atoms with Crippen LogP contribution in [0.5, 0.6) is 0 Å². The minimum absolute atomic E-state index is 0.152. The highest BCUT2D eigenvalue weighted by atomic mass is 35.5. The minimum Gasteiger partial charge on any atom is -0.326 e. The largest absolute Gasteiger partial charge is 0.344 e.